The molecule has 2 nitrogen and oxygen atoms in total. The summed E-state index contributed by atoms with van der Waals surface area (Å²) in [6.45, 7) is 7.55. The molecule has 3 heteroatoms. The number of aryl methyl sites for hydroxylation is 1. The largest absolute Gasteiger partial charge is 0.366 e. The van der Waals surface area contributed by atoms with Crippen LogP contribution in [0.2, 0.25) is 5.02 Å². The molecule has 1 atom stereocenters. The average Bonchev–Trinajstić information content (AvgIpc) is 2.54. The summed E-state index contributed by atoms with van der Waals surface area (Å²) < 4.78 is 0. The van der Waals surface area contributed by atoms with Gasteiger partial charge in [-0.1, -0.05) is 11.6 Å². The maximum absolute atomic E-state index is 8.86. The third kappa shape index (κ3) is 2.47. The summed E-state index contributed by atoms with van der Waals surface area (Å²) in [7, 11) is 0. The minimum absolute atomic E-state index is 0.111. The van der Waals surface area contributed by atoms with Gasteiger partial charge in [0.1, 0.15) is 0 Å². The lowest BCUT2D eigenvalue weighted by Gasteiger charge is -2.34. The van der Waals surface area contributed by atoms with Gasteiger partial charge in [-0.2, -0.15) is 5.26 Å². The first kappa shape index (κ1) is 13.2. The Morgan fingerprint density at radius 3 is 2.83 bits per heavy atom. The Kier molecular flexibility index (Phi) is 3.54. The molecule has 0 amide bonds. The summed E-state index contributed by atoms with van der Waals surface area (Å²) in [5, 5.41) is 9.64. The SMILES string of the molecule is Cc1cc(Cl)ccc1N1CC(CC#N)CC1(C)C. The highest BCUT2D eigenvalue weighted by Crippen LogP contribution is 2.39. The fourth-order valence-corrected chi connectivity index (χ4v) is 3.23. The van der Waals surface area contributed by atoms with Gasteiger partial charge in [0.25, 0.3) is 0 Å². The quantitative estimate of drug-likeness (QED) is 0.800. The van der Waals surface area contributed by atoms with E-state index >= 15 is 0 Å². The Morgan fingerprint density at radius 2 is 2.22 bits per heavy atom. The van der Waals surface area contributed by atoms with E-state index in [9.17, 15) is 0 Å². The number of anilines is 1. The molecule has 1 heterocycles. The highest BCUT2D eigenvalue weighted by molar-refractivity contribution is 6.30. The molecule has 0 aliphatic carbocycles. The fraction of sp³-hybridized carbons (Fsp3) is 0.533. The molecule has 0 radical (unpaired) electrons. The molecular weight excluding hydrogens is 244 g/mol. The Hall–Kier alpha value is -1.20. The molecule has 1 fully saturated rings. The predicted octanol–water partition coefficient (Wildman–Crippen LogP) is 4.17. The van der Waals surface area contributed by atoms with Crippen LogP contribution >= 0.6 is 11.6 Å². The van der Waals surface area contributed by atoms with E-state index in [2.05, 4.69) is 37.8 Å². The van der Waals surface area contributed by atoms with Crippen LogP contribution < -0.4 is 4.90 Å². The van der Waals surface area contributed by atoms with Gasteiger partial charge >= 0.3 is 0 Å². The molecule has 1 aromatic rings. The van der Waals surface area contributed by atoms with E-state index in [-0.39, 0.29) is 5.54 Å². The summed E-state index contributed by atoms with van der Waals surface area (Å²) in [5.41, 5.74) is 2.55. The third-order valence-electron chi connectivity index (χ3n) is 3.79. The Labute approximate surface area is 114 Å². The van der Waals surface area contributed by atoms with E-state index in [0.29, 0.717) is 12.3 Å². The topological polar surface area (TPSA) is 27.0 Å². The van der Waals surface area contributed by atoms with Crippen molar-refractivity contribution in [2.24, 2.45) is 5.92 Å². The zero-order chi connectivity index (χ0) is 13.3. The van der Waals surface area contributed by atoms with Gasteiger partial charge in [0.05, 0.1) is 6.07 Å². The van der Waals surface area contributed by atoms with E-state index in [4.69, 9.17) is 16.9 Å². The maximum atomic E-state index is 8.86. The van der Waals surface area contributed by atoms with Crippen LogP contribution in [0.25, 0.3) is 0 Å². The molecule has 1 aliphatic rings. The molecule has 0 aromatic heterocycles. The van der Waals surface area contributed by atoms with Crippen molar-refractivity contribution in [1.29, 1.82) is 5.26 Å². The van der Waals surface area contributed by atoms with Gasteiger partial charge in [0.2, 0.25) is 0 Å². The molecule has 1 aromatic carbocycles. The highest BCUT2D eigenvalue weighted by atomic mass is 35.5. The van der Waals surface area contributed by atoms with Gasteiger partial charge in [0, 0.05) is 29.2 Å². The molecular formula is C15H19ClN2. The molecule has 18 heavy (non-hydrogen) atoms. The summed E-state index contributed by atoms with van der Waals surface area (Å²) in [4.78, 5) is 2.42. The number of hydrogen-bond donors (Lipinski definition) is 0. The number of hydrogen-bond acceptors (Lipinski definition) is 2. The molecule has 0 saturated carbocycles. The number of halogens is 1. The molecule has 0 bridgehead atoms. The molecule has 0 spiro atoms. The van der Waals surface area contributed by atoms with E-state index in [1.165, 1.54) is 11.3 Å². The maximum Gasteiger partial charge on any atom is 0.0625 e. The normalized spacial score (nSPS) is 21.9. The molecule has 2 rings (SSSR count). The van der Waals surface area contributed by atoms with Crippen LogP contribution in [-0.2, 0) is 0 Å². The summed E-state index contributed by atoms with van der Waals surface area (Å²) in [6, 6.07) is 8.33. The van der Waals surface area contributed by atoms with Crippen molar-refractivity contribution in [3.8, 4) is 6.07 Å². The second-order valence-electron chi connectivity index (χ2n) is 5.79. The van der Waals surface area contributed by atoms with Gasteiger partial charge in [-0.25, -0.2) is 0 Å². The first-order valence-corrected chi connectivity index (χ1v) is 6.72. The Morgan fingerprint density at radius 1 is 1.50 bits per heavy atom. The lowest BCUT2D eigenvalue weighted by Crippen LogP contribution is -2.38. The minimum atomic E-state index is 0.111. The molecule has 1 saturated heterocycles. The van der Waals surface area contributed by atoms with Crippen molar-refractivity contribution in [2.75, 3.05) is 11.4 Å². The van der Waals surface area contributed by atoms with Crippen molar-refractivity contribution >= 4 is 17.3 Å². The summed E-state index contributed by atoms with van der Waals surface area (Å²) >= 11 is 6.01. The van der Waals surface area contributed by atoms with E-state index in [1.54, 1.807) is 0 Å². The summed E-state index contributed by atoms with van der Waals surface area (Å²) in [5.74, 6) is 0.472. The van der Waals surface area contributed by atoms with Gasteiger partial charge in [-0.05, 0) is 56.9 Å². The first-order chi connectivity index (χ1) is 8.44. The minimum Gasteiger partial charge on any atom is -0.366 e. The van der Waals surface area contributed by atoms with Crippen LogP contribution in [0.4, 0.5) is 5.69 Å². The third-order valence-corrected chi connectivity index (χ3v) is 4.02. The molecule has 1 aliphatic heterocycles. The van der Waals surface area contributed by atoms with Gasteiger partial charge in [-0.15, -0.1) is 0 Å². The van der Waals surface area contributed by atoms with Gasteiger partial charge in [-0.3, -0.25) is 0 Å². The number of nitriles is 1. The second kappa shape index (κ2) is 4.82. The number of rotatable bonds is 2. The van der Waals surface area contributed by atoms with E-state index < -0.39 is 0 Å². The number of benzene rings is 1. The lowest BCUT2D eigenvalue weighted by atomic mass is 9.94. The monoisotopic (exact) mass is 262 g/mol. The standard InChI is InChI=1S/C15H19ClN2/c1-11-8-13(16)4-5-14(11)18-10-12(6-7-17)9-15(18,2)3/h4-5,8,12H,6,9-10H2,1-3H3. The van der Waals surface area contributed by atoms with Crippen molar-refractivity contribution in [3.63, 3.8) is 0 Å². The smallest absolute Gasteiger partial charge is 0.0625 e. The van der Waals surface area contributed by atoms with Crippen LogP contribution in [0.1, 0.15) is 32.3 Å². The van der Waals surface area contributed by atoms with Crippen molar-refractivity contribution in [3.05, 3.63) is 28.8 Å². The van der Waals surface area contributed by atoms with E-state index in [0.717, 1.165) is 18.0 Å². The number of nitrogens with zero attached hydrogens (tertiary/aromatic N) is 2. The molecule has 1 unspecified atom stereocenters. The second-order valence-corrected chi connectivity index (χ2v) is 6.22. The molecule has 96 valence electrons. The van der Waals surface area contributed by atoms with Crippen LogP contribution in [0.5, 0.6) is 0 Å². The Balaban J connectivity index is 2.30. The average molecular weight is 263 g/mol. The molecule has 0 N–H and O–H groups in total. The fourth-order valence-electron chi connectivity index (χ4n) is 3.00. The van der Waals surface area contributed by atoms with Gasteiger partial charge in [0.15, 0.2) is 0 Å². The van der Waals surface area contributed by atoms with Crippen molar-refractivity contribution < 1.29 is 0 Å². The van der Waals surface area contributed by atoms with Crippen LogP contribution in [0.3, 0.4) is 0 Å². The van der Waals surface area contributed by atoms with E-state index in [1.807, 2.05) is 12.1 Å². The summed E-state index contributed by atoms with van der Waals surface area (Å²) in [6.07, 6.45) is 1.72. The lowest BCUT2D eigenvalue weighted by molar-refractivity contribution is 0.476. The van der Waals surface area contributed by atoms with Gasteiger partial charge < -0.3 is 4.90 Å². The highest BCUT2D eigenvalue weighted by Gasteiger charge is 2.38. The van der Waals surface area contributed by atoms with Crippen molar-refractivity contribution in [2.45, 2.75) is 39.2 Å². The predicted molar refractivity (Wildman–Crippen MR) is 76.0 cm³/mol. The van der Waals surface area contributed by atoms with Crippen molar-refractivity contribution in [1.82, 2.24) is 0 Å². The zero-order valence-electron chi connectivity index (χ0n) is 11.2. The van der Waals surface area contributed by atoms with Crippen LogP contribution in [0, 0.1) is 24.2 Å². The first-order valence-electron chi connectivity index (χ1n) is 6.35. The zero-order valence-corrected chi connectivity index (χ0v) is 12.0. The van der Waals surface area contributed by atoms with Crippen LogP contribution in [0.15, 0.2) is 18.2 Å². The Bertz CT molecular complexity index is 488. The van der Waals surface area contributed by atoms with Crippen LogP contribution in [-0.4, -0.2) is 12.1 Å².